The molecule has 1 aromatic carbocycles. The predicted molar refractivity (Wildman–Crippen MR) is 55.6 cm³/mol. The van der Waals surface area contributed by atoms with Gasteiger partial charge in [0.1, 0.15) is 11.6 Å². The van der Waals surface area contributed by atoms with Crippen LogP contribution in [0.3, 0.4) is 0 Å². The number of hydrogen-bond donors (Lipinski definition) is 3. The Morgan fingerprint density at radius 3 is 2.86 bits per heavy atom. The highest BCUT2D eigenvalue weighted by atomic mass is 32.1. The van der Waals surface area contributed by atoms with Gasteiger partial charge >= 0.3 is 0 Å². The van der Waals surface area contributed by atoms with Crippen molar-refractivity contribution in [1.29, 1.82) is 0 Å². The zero-order valence-corrected chi connectivity index (χ0v) is 7.88. The second-order valence-electron chi connectivity index (χ2n) is 2.48. The van der Waals surface area contributed by atoms with Gasteiger partial charge in [-0.1, -0.05) is 0 Å². The highest BCUT2D eigenvalue weighted by Crippen LogP contribution is 2.12. The van der Waals surface area contributed by atoms with Crippen molar-refractivity contribution in [1.82, 2.24) is 5.43 Å². The van der Waals surface area contributed by atoms with Gasteiger partial charge in [-0.05, 0) is 24.4 Å². The van der Waals surface area contributed by atoms with E-state index in [2.05, 4.69) is 22.7 Å². The van der Waals surface area contributed by atoms with Crippen molar-refractivity contribution >= 4 is 23.5 Å². The third-order valence-electron chi connectivity index (χ3n) is 1.29. The summed E-state index contributed by atoms with van der Waals surface area (Å²) in [7, 11) is 0. The Morgan fingerprint density at radius 2 is 2.29 bits per heavy atom. The van der Waals surface area contributed by atoms with Gasteiger partial charge in [-0.15, -0.1) is 0 Å². The molecule has 74 valence electrons. The van der Waals surface area contributed by atoms with E-state index in [1.54, 1.807) is 0 Å². The molecule has 4 N–H and O–H groups in total. The van der Waals surface area contributed by atoms with Crippen LogP contribution < -0.4 is 11.2 Å². The number of nitrogens with zero attached hydrogens (tertiary/aromatic N) is 1. The number of benzene rings is 1. The van der Waals surface area contributed by atoms with Gasteiger partial charge in [0, 0.05) is 11.6 Å². The number of hydrazone groups is 1. The fourth-order valence-electron chi connectivity index (χ4n) is 0.841. The number of halogens is 1. The minimum Gasteiger partial charge on any atom is -0.508 e. The van der Waals surface area contributed by atoms with E-state index in [1.165, 1.54) is 18.3 Å². The second kappa shape index (κ2) is 4.52. The van der Waals surface area contributed by atoms with Crippen LogP contribution in [-0.2, 0) is 0 Å². The summed E-state index contributed by atoms with van der Waals surface area (Å²) in [6.07, 6.45) is 1.29. The van der Waals surface area contributed by atoms with Crippen LogP contribution in [0.5, 0.6) is 5.75 Å². The summed E-state index contributed by atoms with van der Waals surface area (Å²) in [6, 6.07) is 3.57. The summed E-state index contributed by atoms with van der Waals surface area (Å²) in [5.41, 5.74) is 7.82. The molecular formula is C8H8FN3OS. The number of aromatic hydroxyl groups is 1. The Balaban J connectivity index is 2.76. The van der Waals surface area contributed by atoms with Gasteiger partial charge in [0.2, 0.25) is 0 Å². The molecule has 0 aromatic heterocycles. The largest absolute Gasteiger partial charge is 0.508 e. The second-order valence-corrected chi connectivity index (χ2v) is 2.92. The van der Waals surface area contributed by atoms with Crippen molar-refractivity contribution in [2.45, 2.75) is 0 Å². The van der Waals surface area contributed by atoms with Crippen LogP contribution in [0.15, 0.2) is 23.3 Å². The zero-order valence-electron chi connectivity index (χ0n) is 7.07. The first-order valence-corrected chi connectivity index (χ1v) is 4.07. The van der Waals surface area contributed by atoms with Crippen molar-refractivity contribution in [2.75, 3.05) is 0 Å². The predicted octanol–water partition coefficient (Wildman–Crippen LogP) is 0.698. The van der Waals surface area contributed by atoms with E-state index in [4.69, 9.17) is 10.8 Å². The number of phenolic OH excluding ortho intramolecular Hbond substituents is 1. The first kappa shape index (κ1) is 10.4. The lowest BCUT2D eigenvalue weighted by molar-refractivity contribution is 0.469. The highest BCUT2D eigenvalue weighted by molar-refractivity contribution is 7.80. The maximum absolute atomic E-state index is 12.7. The van der Waals surface area contributed by atoms with Crippen LogP contribution in [0.4, 0.5) is 4.39 Å². The molecule has 0 bridgehead atoms. The fraction of sp³-hybridized carbons (Fsp3) is 0. The summed E-state index contributed by atoms with van der Waals surface area (Å²) in [5.74, 6) is -0.705. The third kappa shape index (κ3) is 3.36. The summed E-state index contributed by atoms with van der Waals surface area (Å²) in [4.78, 5) is 0. The monoisotopic (exact) mass is 213 g/mol. The number of nitrogens with one attached hydrogen (secondary N) is 1. The Morgan fingerprint density at radius 1 is 1.57 bits per heavy atom. The molecular weight excluding hydrogens is 205 g/mol. The van der Waals surface area contributed by atoms with Gasteiger partial charge in [-0.3, -0.25) is 5.43 Å². The quantitative estimate of drug-likeness (QED) is 0.384. The molecule has 14 heavy (non-hydrogen) atoms. The summed E-state index contributed by atoms with van der Waals surface area (Å²) >= 11 is 4.49. The van der Waals surface area contributed by atoms with Gasteiger partial charge in [-0.25, -0.2) is 4.39 Å². The van der Waals surface area contributed by atoms with Crippen molar-refractivity contribution in [3.8, 4) is 5.75 Å². The Kier molecular flexibility index (Phi) is 3.35. The molecule has 4 nitrogen and oxygen atoms in total. The SMILES string of the molecule is NC(=S)N/N=C/c1cc(O)cc(F)c1. The van der Waals surface area contributed by atoms with Crippen LogP contribution >= 0.6 is 12.2 Å². The number of nitrogens with two attached hydrogens (primary N) is 1. The Labute approximate surface area is 85.2 Å². The van der Waals surface area contributed by atoms with E-state index in [-0.39, 0.29) is 10.9 Å². The van der Waals surface area contributed by atoms with Gasteiger partial charge in [0.15, 0.2) is 5.11 Å². The topological polar surface area (TPSA) is 70.6 Å². The molecule has 0 amide bonds. The summed E-state index contributed by atoms with van der Waals surface area (Å²) in [5, 5.41) is 12.6. The molecule has 0 unspecified atom stereocenters. The van der Waals surface area contributed by atoms with E-state index in [0.29, 0.717) is 5.56 Å². The van der Waals surface area contributed by atoms with Crippen molar-refractivity contribution < 1.29 is 9.50 Å². The van der Waals surface area contributed by atoms with Crippen LogP contribution in [0, 0.1) is 5.82 Å². The van der Waals surface area contributed by atoms with E-state index < -0.39 is 5.82 Å². The van der Waals surface area contributed by atoms with E-state index >= 15 is 0 Å². The van der Waals surface area contributed by atoms with Crippen LogP contribution in [0.1, 0.15) is 5.56 Å². The molecule has 0 fully saturated rings. The average molecular weight is 213 g/mol. The van der Waals surface area contributed by atoms with E-state index in [9.17, 15) is 4.39 Å². The molecule has 1 aromatic rings. The molecule has 0 aliphatic carbocycles. The maximum atomic E-state index is 12.7. The molecule has 0 radical (unpaired) electrons. The minimum atomic E-state index is -0.540. The Hall–Kier alpha value is -1.69. The lowest BCUT2D eigenvalue weighted by Gasteiger charge is -1.97. The molecule has 0 spiro atoms. The van der Waals surface area contributed by atoms with Crippen LogP contribution in [-0.4, -0.2) is 16.4 Å². The number of hydrogen-bond acceptors (Lipinski definition) is 3. The fourth-order valence-corrected chi connectivity index (χ4v) is 0.894. The third-order valence-corrected chi connectivity index (χ3v) is 1.38. The maximum Gasteiger partial charge on any atom is 0.184 e. The van der Waals surface area contributed by atoms with E-state index in [1.807, 2.05) is 0 Å². The molecule has 0 saturated heterocycles. The summed E-state index contributed by atoms with van der Waals surface area (Å²) < 4.78 is 12.7. The zero-order chi connectivity index (χ0) is 10.6. The minimum absolute atomic E-state index is 0.0156. The molecule has 0 aliphatic rings. The van der Waals surface area contributed by atoms with E-state index in [0.717, 1.165) is 6.07 Å². The number of phenols is 1. The van der Waals surface area contributed by atoms with Crippen LogP contribution in [0.25, 0.3) is 0 Å². The smallest absolute Gasteiger partial charge is 0.184 e. The van der Waals surface area contributed by atoms with Crippen molar-refractivity contribution in [2.24, 2.45) is 10.8 Å². The molecule has 1 rings (SSSR count). The van der Waals surface area contributed by atoms with Gasteiger partial charge < -0.3 is 10.8 Å². The number of rotatable bonds is 2. The highest BCUT2D eigenvalue weighted by Gasteiger charge is 1.96. The van der Waals surface area contributed by atoms with Gasteiger partial charge in [-0.2, -0.15) is 5.10 Å². The molecule has 0 heterocycles. The van der Waals surface area contributed by atoms with Crippen molar-refractivity contribution in [3.05, 3.63) is 29.6 Å². The standard InChI is InChI=1S/C8H8FN3OS/c9-6-1-5(2-7(13)3-6)4-11-12-8(10)14/h1-4,13H,(H3,10,12,14)/b11-4+. The van der Waals surface area contributed by atoms with Crippen molar-refractivity contribution in [3.63, 3.8) is 0 Å². The first-order chi connectivity index (χ1) is 6.58. The van der Waals surface area contributed by atoms with Crippen LogP contribution in [0.2, 0.25) is 0 Å². The first-order valence-electron chi connectivity index (χ1n) is 3.66. The lowest BCUT2D eigenvalue weighted by Crippen LogP contribution is -2.23. The molecule has 0 atom stereocenters. The molecule has 0 saturated carbocycles. The molecule has 0 aliphatic heterocycles. The Bertz CT molecular complexity index is 361. The average Bonchev–Trinajstić information content (AvgIpc) is 2.01. The normalized spacial score (nSPS) is 10.4. The molecule has 6 heteroatoms. The van der Waals surface area contributed by atoms with Gasteiger partial charge in [0.25, 0.3) is 0 Å². The summed E-state index contributed by atoms with van der Waals surface area (Å²) in [6.45, 7) is 0. The van der Waals surface area contributed by atoms with Gasteiger partial charge in [0.05, 0.1) is 6.21 Å². The number of thiocarbonyl (C=S) groups is 1. The lowest BCUT2D eigenvalue weighted by atomic mass is 10.2.